The summed E-state index contributed by atoms with van der Waals surface area (Å²) in [5.41, 5.74) is 1.81. The topological polar surface area (TPSA) is 46.2 Å². The molecule has 2 aromatic rings. The van der Waals surface area contributed by atoms with Crippen LogP contribution in [0.1, 0.15) is 18.5 Å². The van der Waals surface area contributed by atoms with Gasteiger partial charge in [-0.15, -0.1) is 0 Å². The van der Waals surface area contributed by atoms with E-state index >= 15 is 0 Å². The molecule has 0 aliphatic rings. The van der Waals surface area contributed by atoms with Gasteiger partial charge in [0.1, 0.15) is 0 Å². The molecule has 1 unspecified atom stereocenters. The Hall–Kier alpha value is -1.04. The number of hydrogen-bond acceptors (Lipinski definition) is 3. The van der Waals surface area contributed by atoms with Crippen LogP contribution in [0.25, 0.3) is 0 Å². The zero-order chi connectivity index (χ0) is 15.6. The van der Waals surface area contributed by atoms with Gasteiger partial charge in [-0.1, -0.05) is 39.7 Å². The van der Waals surface area contributed by atoms with Crippen LogP contribution in [0, 0.1) is 0 Å². The van der Waals surface area contributed by atoms with E-state index in [1.54, 1.807) is 24.3 Å². The van der Waals surface area contributed by atoms with E-state index in [0.29, 0.717) is 9.92 Å². The van der Waals surface area contributed by atoms with Gasteiger partial charge < -0.3 is 5.32 Å². The SMILES string of the molecule is CC(Nc1cc(Br)ccc1Cl)c1ccc(S(C)(=O)=O)cc1. The van der Waals surface area contributed by atoms with E-state index in [1.165, 1.54) is 6.26 Å². The molecule has 0 amide bonds. The minimum atomic E-state index is -3.16. The molecule has 21 heavy (non-hydrogen) atoms. The molecule has 0 fully saturated rings. The molecule has 6 heteroatoms. The highest BCUT2D eigenvalue weighted by molar-refractivity contribution is 9.10. The predicted octanol–water partition coefficient (Wildman–Crippen LogP) is 4.68. The molecule has 1 N–H and O–H groups in total. The van der Waals surface area contributed by atoms with Crippen molar-refractivity contribution in [2.75, 3.05) is 11.6 Å². The Kier molecular flexibility index (Phi) is 4.96. The second-order valence-corrected chi connectivity index (χ2v) is 8.17. The molecule has 0 aromatic heterocycles. The number of nitrogens with one attached hydrogen (secondary N) is 1. The molecule has 0 radical (unpaired) electrons. The molecule has 0 aliphatic heterocycles. The van der Waals surface area contributed by atoms with Gasteiger partial charge in [-0.2, -0.15) is 0 Å². The summed E-state index contributed by atoms with van der Waals surface area (Å²) in [6, 6.07) is 12.4. The van der Waals surface area contributed by atoms with Gasteiger partial charge in [0.05, 0.1) is 15.6 Å². The molecule has 0 aliphatic carbocycles. The van der Waals surface area contributed by atoms with Crippen molar-refractivity contribution in [2.24, 2.45) is 0 Å². The quantitative estimate of drug-likeness (QED) is 0.827. The number of rotatable bonds is 4. The third kappa shape index (κ3) is 4.22. The van der Waals surface area contributed by atoms with Crippen molar-refractivity contribution in [1.82, 2.24) is 0 Å². The molecular formula is C15H15BrClNO2S. The van der Waals surface area contributed by atoms with E-state index in [9.17, 15) is 8.42 Å². The lowest BCUT2D eigenvalue weighted by atomic mass is 10.1. The molecular weight excluding hydrogens is 374 g/mol. The van der Waals surface area contributed by atoms with Crippen molar-refractivity contribution >= 4 is 43.1 Å². The Labute approximate surface area is 138 Å². The summed E-state index contributed by atoms with van der Waals surface area (Å²) in [6.45, 7) is 1.99. The number of benzene rings is 2. The van der Waals surface area contributed by atoms with E-state index in [1.807, 2.05) is 25.1 Å². The fourth-order valence-electron chi connectivity index (χ4n) is 1.93. The number of halogens is 2. The van der Waals surface area contributed by atoms with Crippen LogP contribution in [0.2, 0.25) is 5.02 Å². The van der Waals surface area contributed by atoms with E-state index in [2.05, 4.69) is 21.2 Å². The highest BCUT2D eigenvalue weighted by Gasteiger charge is 2.11. The Morgan fingerprint density at radius 3 is 2.33 bits per heavy atom. The first-order valence-electron chi connectivity index (χ1n) is 6.29. The van der Waals surface area contributed by atoms with Gasteiger partial charge in [-0.3, -0.25) is 0 Å². The van der Waals surface area contributed by atoms with Crippen LogP contribution in [0.4, 0.5) is 5.69 Å². The van der Waals surface area contributed by atoms with Crippen molar-refractivity contribution < 1.29 is 8.42 Å². The molecule has 0 heterocycles. The fraction of sp³-hybridized carbons (Fsp3) is 0.200. The van der Waals surface area contributed by atoms with Crippen molar-refractivity contribution in [1.29, 1.82) is 0 Å². The maximum Gasteiger partial charge on any atom is 0.175 e. The first-order valence-corrected chi connectivity index (χ1v) is 9.35. The average Bonchev–Trinajstić information content (AvgIpc) is 2.42. The number of anilines is 1. The maximum atomic E-state index is 11.4. The number of hydrogen-bond donors (Lipinski definition) is 1. The Morgan fingerprint density at radius 1 is 1.14 bits per heavy atom. The molecule has 0 spiro atoms. The molecule has 0 bridgehead atoms. The highest BCUT2D eigenvalue weighted by Crippen LogP contribution is 2.29. The van der Waals surface area contributed by atoms with Crippen molar-refractivity contribution in [3.63, 3.8) is 0 Å². The summed E-state index contributed by atoms with van der Waals surface area (Å²) in [7, 11) is -3.16. The largest absolute Gasteiger partial charge is 0.377 e. The van der Waals surface area contributed by atoms with E-state index in [-0.39, 0.29) is 6.04 Å². The third-order valence-electron chi connectivity index (χ3n) is 3.11. The van der Waals surface area contributed by atoms with Gasteiger partial charge in [0.25, 0.3) is 0 Å². The lowest BCUT2D eigenvalue weighted by molar-refractivity contribution is 0.602. The van der Waals surface area contributed by atoms with Crippen molar-refractivity contribution in [3.05, 3.63) is 57.5 Å². The predicted molar refractivity (Wildman–Crippen MR) is 90.7 cm³/mol. The van der Waals surface area contributed by atoms with Crippen LogP contribution in [-0.2, 0) is 9.84 Å². The molecule has 3 nitrogen and oxygen atoms in total. The number of sulfone groups is 1. The van der Waals surface area contributed by atoms with Crippen molar-refractivity contribution in [3.8, 4) is 0 Å². The molecule has 2 rings (SSSR count). The normalized spacial score (nSPS) is 13.0. The molecule has 0 saturated heterocycles. The standard InChI is InChI=1S/C15H15BrClNO2S/c1-10(18-15-9-12(16)5-8-14(15)17)11-3-6-13(7-4-11)21(2,19)20/h3-10,18H,1-2H3. The smallest absolute Gasteiger partial charge is 0.175 e. The lowest BCUT2D eigenvalue weighted by Gasteiger charge is -2.17. The molecule has 112 valence electrons. The van der Waals surface area contributed by atoms with Crippen LogP contribution in [0.5, 0.6) is 0 Å². The van der Waals surface area contributed by atoms with Gasteiger partial charge in [-0.05, 0) is 42.8 Å². The summed E-state index contributed by atoms with van der Waals surface area (Å²) in [4.78, 5) is 0.318. The minimum absolute atomic E-state index is 0.00501. The second kappa shape index (κ2) is 6.38. The van der Waals surface area contributed by atoms with Crippen LogP contribution in [0.15, 0.2) is 51.8 Å². The van der Waals surface area contributed by atoms with Gasteiger partial charge in [0.2, 0.25) is 0 Å². The third-order valence-corrected chi connectivity index (χ3v) is 5.06. The monoisotopic (exact) mass is 387 g/mol. The molecule has 1 atom stereocenters. The Morgan fingerprint density at radius 2 is 1.76 bits per heavy atom. The average molecular weight is 389 g/mol. The zero-order valence-electron chi connectivity index (χ0n) is 11.6. The van der Waals surface area contributed by atoms with Crippen molar-refractivity contribution in [2.45, 2.75) is 17.9 Å². The van der Waals surface area contributed by atoms with Crippen LogP contribution in [-0.4, -0.2) is 14.7 Å². The van der Waals surface area contributed by atoms with Crippen LogP contribution >= 0.6 is 27.5 Å². The zero-order valence-corrected chi connectivity index (χ0v) is 14.8. The summed E-state index contributed by atoms with van der Waals surface area (Å²) in [5, 5.41) is 3.95. The summed E-state index contributed by atoms with van der Waals surface area (Å²) < 4.78 is 23.8. The summed E-state index contributed by atoms with van der Waals surface area (Å²) in [5.74, 6) is 0. The van der Waals surface area contributed by atoms with Gasteiger partial charge in [0, 0.05) is 16.8 Å². The van der Waals surface area contributed by atoms with E-state index in [0.717, 1.165) is 15.7 Å². The first-order chi connectivity index (χ1) is 9.77. The summed E-state index contributed by atoms with van der Waals surface area (Å²) in [6.07, 6.45) is 1.20. The second-order valence-electron chi connectivity index (χ2n) is 4.83. The van der Waals surface area contributed by atoms with Crippen LogP contribution < -0.4 is 5.32 Å². The molecule has 0 saturated carbocycles. The minimum Gasteiger partial charge on any atom is -0.377 e. The first kappa shape index (κ1) is 16.3. The van der Waals surface area contributed by atoms with Crippen LogP contribution in [0.3, 0.4) is 0 Å². The maximum absolute atomic E-state index is 11.4. The fourth-order valence-corrected chi connectivity index (χ4v) is 3.09. The Balaban J connectivity index is 2.20. The van der Waals surface area contributed by atoms with Gasteiger partial charge in [-0.25, -0.2) is 8.42 Å². The molecule has 2 aromatic carbocycles. The van der Waals surface area contributed by atoms with E-state index < -0.39 is 9.84 Å². The van der Waals surface area contributed by atoms with E-state index in [4.69, 9.17) is 11.6 Å². The van der Waals surface area contributed by atoms with Gasteiger partial charge >= 0.3 is 0 Å². The summed E-state index contributed by atoms with van der Waals surface area (Å²) >= 11 is 9.56. The lowest BCUT2D eigenvalue weighted by Crippen LogP contribution is -2.07. The van der Waals surface area contributed by atoms with Gasteiger partial charge in [0.15, 0.2) is 9.84 Å². The Bertz CT molecular complexity index is 745. The highest BCUT2D eigenvalue weighted by atomic mass is 79.9.